The molecule has 2 aliphatic rings. The highest BCUT2D eigenvalue weighted by Gasteiger charge is 2.46. The number of piperidine rings is 1. The van der Waals surface area contributed by atoms with Crippen LogP contribution in [-0.4, -0.2) is 89.7 Å². The quantitative estimate of drug-likeness (QED) is 0.491. The van der Waals surface area contributed by atoms with Gasteiger partial charge in [-0.1, -0.05) is 23.7 Å². The van der Waals surface area contributed by atoms with E-state index in [0.29, 0.717) is 17.9 Å². The standard InChI is InChI=1S/C22H26ClN5O5/c1-12-7-8-13(10-14(12)23)11-24-19(30)16-17(29)20(31)28-9-5-6-15(18(28)25-16)27(4)22(33)21(32)26(2)3/h7-8,10,15-16H,5-6,9,11H2,1-4H3,(H,24,30)/t15-,16?/m0/s1. The van der Waals surface area contributed by atoms with Crippen LogP contribution < -0.4 is 5.32 Å². The molecule has 0 aromatic heterocycles. The molecule has 2 heterocycles. The van der Waals surface area contributed by atoms with Crippen LogP contribution in [0.1, 0.15) is 24.0 Å². The van der Waals surface area contributed by atoms with Crippen molar-refractivity contribution in [2.75, 3.05) is 27.7 Å². The predicted molar refractivity (Wildman–Crippen MR) is 120 cm³/mol. The van der Waals surface area contributed by atoms with Gasteiger partial charge < -0.3 is 15.1 Å². The molecular formula is C22H26ClN5O5. The molecule has 176 valence electrons. The highest BCUT2D eigenvalue weighted by molar-refractivity contribution is 6.46. The van der Waals surface area contributed by atoms with Crippen molar-refractivity contribution in [1.29, 1.82) is 0 Å². The summed E-state index contributed by atoms with van der Waals surface area (Å²) >= 11 is 6.11. The Labute approximate surface area is 196 Å². The smallest absolute Gasteiger partial charge is 0.312 e. The van der Waals surface area contributed by atoms with Gasteiger partial charge in [-0.25, -0.2) is 4.99 Å². The summed E-state index contributed by atoms with van der Waals surface area (Å²) in [5.74, 6) is -3.84. The zero-order valence-corrected chi connectivity index (χ0v) is 19.7. The minimum atomic E-state index is -1.56. The number of likely N-dealkylation sites (N-methyl/N-ethyl adjacent to an activating group) is 2. The van der Waals surface area contributed by atoms with Crippen molar-refractivity contribution in [3.8, 4) is 0 Å². The fraction of sp³-hybridized carbons (Fsp3) is 0.455. The maximum Gasteiger partial charge on any atom is 0.312 e. The number of carbonyl (C=O) groups is 5. The summed E-state index contributed by atoms with van der Waals surface area (Å²) in [4.78, 5) is 70.7. The molecule has 2 aliphatic heterocycles. The summed E-state index contributed by atoms with van der Waals surface area (Å²) in [5, 5.41) is 3.17. The SMILES string of the molecule is Cc1ccc(CNC(=O)C2N=C3[C@@H](N(C)C(=O)C(=O)N(C)C)CCCN3C(=O)C2=O)cc1Cl. The number of hydrogen-bond donors (Lipinski definition) is 1. The van der Waals surface area contributed by atoms with Crippen molar-refractivity contribution in [3.05, 3.63) is 34.3 Å². The highest BCUT2D eigenvalue weighted by Crippen LogP contribution is 2.23. The molecule has 0 bridgehead atoms. The Balaban J connectivity index is 1.83. The van der Waals surface area contributed by atoms with Gasteiger partial charge in [0.15, 0.2) is 6.04 Å². The van der Waals surface area contributed by atoms with Crippen molar-refractivity contribution >= 4 is 46.8 Å². The lowest BCUT2D eigenvalue weighted by atomic mass is 9.98. The molecule has 1 unspecified atom stereocenters. The Morgan fingerprint density at radius 1 is 1.18 bits per heavy atom. The van der Waals surface area contributed by atoms with Gasteiger partial charge in [0.2, 0.25) is 0 Å². The Bertz CT molecular complexity index is 1050. The number of benzene rings is 1. The number of amidine groups is 1. The fourth-order valence-electron chi connectivity index (χ4n) is 3.73. The van der Waals surface area contributed by atoms with Crippen LogP contribution in [0.2, 0.25) is 5.02 Å². The number of Topliss-reactive ketones (excluding diaryl/α,β-unsaturated/α-hetero) is 1. The van der Waals surface area contributed by atoms with Crippen LogP contribution in [0, 0.1) is 6.92 Å². The van der Waals surface area contributed by atoms with E-state index >= 15 is 0 Å². The molecule has 0 saturated carbocycles. The third kappa shape index (κ3) is 4.90. The van der Waals surface area contributed by atoms with Crippen molar-refractivity contribution in [1.82, 2.24) is 20.0 Å². The number of aliphatic imine (C=N–C) groups is 1. The number of nitrogens with one attached hydrogen (secondary N) is 1. The number of carbonyl (C=O) groups excluding carboxylic acids is 5. The first-order valence-electron chi connectivity index (χ1n) is 10.5. The molecule has 0 aliphatic carbocycles. The van der Waals surface area contributed by atoms with E-state index in [0.717, 1.165) is 16.0 Å². The topological polar surface area (TPSA) is 119 Å². The molecule has 11 heteroatoms. The molecule has 1 aromatic carbocycles. The molecule has 0 radical (unpaired) electrons. The van der Waals surface area contributed by atoms with E-state index < -0.39 is 41.5 Å². The average molecular weight is 476 g/mol. The van der Waals surface area contributed by atoms with E-state index in [9.17, 15) is 24.0 Å². The summed E-state index contributed by atoms with van der Waals surface area (Å²) in [7, 11) is 4.36. The van der Waals surface area contributed by atoms with E-state index in [4.69, 9.17) is 11.6 Å². The number of aryl methyl sites for hydroxylation is 1. The van der Waals surface area contributed by atoms with E-state index in [1.54, 1.807) is 12.1 Å². The van der Waals surface area contributed by atoms with Crippen molar-refractivity contribution in [2.24, 2.45) is 4.99 Å². The third-order valence-corrected chi connectivity index (χ3v) is 6.14. The average Bonchev–Trinajstić information content (AvgIpc) is 2.79. The number of nitrogens with zero attached hydrogens (tertiary/aromatic N) is 4. The first kappa shape index (κ1) is 24.4. The number of fused-ring (bicyclic) bond motifs is 1. The molecule has 0 spiro atoms. The first-order chi connectivity index (χ1) is 15.5. The molecule has 10 nitrogen and oxygen atoms in total. The van der Waals surface area contributed by atoms with Crippen LogP contribution in [0.4, 0.5) is 0 Å². The van der Waals surface area contributed by atoms with E-state index in [-0.39, 0.29) is 18.9 Å². The minimum Gasteiger partial charge on any atom is -0.350 e. The molecule has 33 heavy (non-hydrogen) atoms. The third-order valence-electron chi connectivity index (χ3n) is 5.73. The lowest BCUT2D eigenvalue weighted by Gasteiger charge is -2.40. The summed E-state index contributed by atoms with van der Waals surface area (Å²) in [6, 6.07) is 3.04. The van der Waals surface area contributed by atoms with Crippen molar-refractivity contribution in [3.63, 3.8) is 0 Å². The number of halogens is 1. The summed E-state index contributed by atoms with van der Waals surface area (Å²) in [6.45, 7) is 2.21. The van der Waals surface area contributed by atoms with Gasteiger partial charge in [0, 0.05) is 39.3 Å². The maximum atomic E-state index is 12.8. The molecular weight excluding hydrogens is 450 g/mol. The summed E-state index contributed by atoms with van der Waals surface area (Å²) in [5.41, 5.74) is 1.62. The van der Waals surface area contributed by atoms with Crippen LogP contribution >= 0.6 is 11.6 Å². The van der Waals surface area contributed by atoms with Gasteiger partial charge in [0.25, 0.3) is 17.6 Å². The number of amides is 4. The van der Waals surface area contributed by atoms with Crippen LogP contribution in [0.3, 0.4) is 0 Å². The van der Waals surface area contributed by atoms with E-state index in [1.165, 1.54) is 30.9 Å². The fourth-order valence-corrected chi connectivity index (χ4v) is 3.93. The summed E-state index contributed by atoms with van der Waals surface area (Å²) in [6.07, 6.45) is 0.956. The molecule has 2 atom stereocenters. The Hall–Kier alpha value is -3.27. The second-order valence-corrected chi connectivity index (χ2v) is 8.69. The normalized spacial score (nSPS) is 20.0. The van der Waals surface area contributed by atoms with Crippen LogP contribution in [0.15, 0.2) is 23.2 Å². The van der Waals surface area contributed by atoms with Gasteiger partial charge in [0.1, 0.15) is 5.84 Å². The first-order valence-corrected chi connectivity index (χ1v) is 10.8. The second kappa shape index (κ2) is 9.70. The van der Waals surface area contributed by atoms with Gasteiger partial charge in [-0.15, -0.1) is 0 Å². The van der Waals surface area contributed by atoms with Gasteiger partial charge >= 0.3 is 11.8 Å². The van der Waals surface area contributed by atoms with Crippen LogP contribution in [0.5, 0.6) is 0 Å². The number of ketones is 1. The molecule has 1 N–H and O–H groups in total. The van der Waals surface area contributed by atoms with Crippen LogP contribution in [-0.2, 0) is 30.5 Å². The Morgan fingerprint density at radius 2 is 1.88 bits per heavy atom. The zero-order chi connectivity index (χ0) is 24.4. The minimum absolute atomic E-state index is 0.102. The van der Waals surface area contributed by atoms with E-state index in [1.807, 2.05) is 13.0 Å². The van der Waals surface area contributed by atoms with E-state index in [2.05, 4.69) is 10.3 Å². The summed E-state index contributed by atoms with van der Waals surface area (Å²) < 4.78 is 0. The van der Waals surface area contributed by atoms with Gasteiger partial charge in [-0.3, -0.25) is 28.9 Å². The molecule has 1 saturated heterocycles. The number of rotatable bonds is 4. The zero-order valence-electron chi connectivity index (χ0n) is 18.9. The van der Waals surface area contributed by atoms with Gasteiger partial charge in [-0.2, -0.15) is 0 Å². The second-order valence-electron chi connectivity index (χ2n) is 8.29. The van der Waals surface area contributed by atoms with Crippen molar-refractivity contribution in [2.45, 2.75) is 38.4 Å². The lowest BCUT2D eigenvalue weighted by Crippen LogP contribution is -2.62. The van der Waals surface area contributed by atoms with Crippen LogP contribution in [0.25, 0.3) is 0 Å². The monoisotopic (exact) mass is 475 g/mol. The number of hydrogen-bond acceptors (Lipinski definition) is 6. The highest BCUT2D eigenvalue weighted by atomic mass is 35.5. The lowest BCUT2D eigenvalue weighted by molar-refractivity contribution is -0.151. The molecule has 1 aromatic rings. The largest absolute Gasteiger partial charge is 0.350 e. The maximum absolute atomic E-state index is 12.8. The molecule has 4 amide bonds. The van der Waals surface area contributed by atoms with Gasteiger partial charge in [0.05, 0.1) is 6.04 Å². The van der Waals surface area contributed by atoms with Crippen molar-refractivity contribution < 1.29 is 24.0 Å². The van der Waals surface area contributed by atoms with Gasteiger partial charge in [-0.05, 0) is 37.0 Å². The Morgan fingerprint density at radius 3 is 2.52 bits per heavy atom. The predicted octanol–water partition coefficient (Wildman–Crippen LogP) is 0.152. The molecule has 3 rings (SSSR count). The Kier molecular flexibility index (Phi) is 7.16. The molecule has 1 fully saturated rings.